The number of alkyl halides is 3. The number of nitrogens with one attached hydrogen (secondary N) is 1. The summed E-state index contributed by atoms with van der Waals surface area (Å²) in [6, 6.07) is 9.70. The van der Waals surface area contributed by atoms with E-state index in [1.807, 2.05) is 0 Å². The highest BCUT2D eigenvalue weighted by atomic mass is 19.4. The lowest BCUT2D eigenvalue weighted by Gasteiger charge is -2.50. The van der Waals surface area contributed by atoms with Crippen molar-refractivity contribution in [3.05, 3.63) is 65.0 Å². The third kappa shape index (κ3) is 4.90. The van der Waals surface area contributed by atoms with Crippen molar-refractivity contribution in [2.24, 2.45) is 5.41 Å². The second-order valence-electron chi connectivity index (χ2n) is 10.3. The van der Waals surface area contributed by atoms with Gasteiger partial charge < -0.3 is 15.0 Å². The number of nitrogens with zero attached hydrogens (tertiary/aromatic N) is 1. The highest BCUT2D eigenvalue weighted by Gasteiger charge is 2.46. The number of likely N-dealkylation sites (tertiary alicyclic amines) is 1. The second-order valence-corrected chi connectivity index (χ2v) is 10.3. The predicted octanol–water partition coefficient (Wildman–Crippen LogP) is 5.52. The van der Waals surface area contributed by atoms with Crippen LogP contribution in [0.5, 0.6) is 5.75 Å². The summed E-state index contributed by atoms with van der Waals surface area (Å²) in [6.45, 7) is 6.04. The van der Waals surface area contributed by atoms with E-state index in [-0.39, 0.29) is 23.1 Å². The SMILES string of the molecule is COc1cc(F)ccc1[C@@H]1CNCCC12CCN(C(=O)C(C)(C)c1cccc(C(F)(F)F)c1)CC2. The average Bonchev–Trinajstić information content (AvgIpc) is 2.84. The summed E-state index contributed by atoms with van der Waals surface area (Å²) in [4.78, 5) is 15.3. The quantitative estimate of drug-likeness (QED) is 0.572. The molecule has 190 valence electrons. The van der Waals surface area contributed by atoms with Crippen molar-refractivity contribution >= 4 is 5.91 Å². The molecule has 2 saturated heterocycles. The zero-order chi connectivity index (χ0) is 25.4. The first-order chi connectivity index (χ1) is 16.5. The maximum absolute atomic E-state index is 13.8. The summed E-state index contributed by atoms with van der Waals surface area (Å²) in [7, 11) is 1.54. The number of halogens is 4. The molecule has 1 amide bonds. The zero-order valence-corrected chi connectivity index (χ0v) is 20.3. The van der Waals surface area contributed by atoms with Crippen LogP contribution in [-0.4, -0.2) is 44.1 Å². The molecule has 0 bridgehead atoms. The smallest absolute Gasteiger partial charge is 0.416 e. The Morgan fingerprint density at radius 1 is 1.06 bits per heavy atom. The van der Waals surface area contributed by atoms with Crippen molar-refractivity contribution in [1.82, 2.24) is 10.2 Å². The average molecular weight is 493 g/mol. The van der Waals surface area contributed by atoms with Gasteiger partial charge in [-0.3, -0.25) is 4.79 Å². The molecule has 1 spiro atoms. The highest BCUT2D eigenvalue weighted by Crippen LogP contribution is 2.50. The summed E-state index contributed by atoms with van der Waals surface area (Å²) in [5.74, 6) is 0.125. The number of benzene rings is 2. The van der Waals surface area contributed by atoms with Gasteiger partial charge in [-0.05, 0) is 68.3 Å². The number of hydrogen-bond acceptors (Lipinski definition) is 3. The van der Waals surface area contributed by atoms with Crippen molar-refractivity contribution in [3.63, 3.8) is 0 Å². The lowest BCUT2D eigenvalue weighted by molar-refractivity contribution is -0.140. The maximum Gasteiger partial charge on any atom is 0.416 e. The number of carbonyl (C=O) groups is 1. The van der Waals surface area contributed by atoms with Crippen LogP contribution in [0.4, 0.5) is 17.6 Å². The summed E-state index contributed by atoms with van der Waals surface area (Å²) >= 11 is 0. The van der Waals surface area contributed by atoms with Crippen LogP contribution in [0.15, 0.2) is 42.5 Å². The fourth-order valence-electron chi connectivity index (χ4n) is 5.74. The number of carbonyl (C=O) groups excluding carboxylic acids is 1. The Morgan fingerprint density at radius 3 is 2.40 bits per heavy atom. The van der Waals surface area contributed by atoms with Crippen molar-refractivity contribution < 1.29 is 27.1 Å². The topological polar surface area (TPSA) is 41.6 Å². The minimum atomic E-state index is -4.46. The molecule has 35 heavy (non-hydrogen) atoms. The zero-order valence-electron chi connectivity index (χ0n) is 20.3. The Bertz CT molecular complexity index is 1080. The molecule has 2 aliphatic rings. The lowest BCUT2D eigenvalue weighted by Crippen LogP contribution is -2.53. The maximum atomic E-state index is 13.8. The monoisotopic (exact) mass is 492 g/mol. The fourth-order valence-corrected chi connectivity index (χ4v) is 5.74. The van der Waals surface area contributed by atoms with Crippen LogP contribution < -0.4 is 10.1 Å². The standard InChI is InChI=1S/C27H32F4N2O2/c1-25(2,18-5-4-6-19(15-18)27(29,30)31)24(34)33-13-10-26(11-14-33)9-12-32-17-22(26)21-8-7-20(28)16-23(21)35-3/h4-8,15-16,22,32H,9-14,17H2,1-3H3/t22-/m0/s1. The van der Waals surface area contributed by atoms with E-state index in [1.165, 1.54) is 18.2 Å². The number of methoxy groups -OCH3 is 1. The van der Waals surface area contributed by atoms with Crippen LogP contribution in [0.2, 0.25) is 0 Å². The first-order valence-electron chi connectivity index (χ1n) is 12.0. The molecule has 2 aromatic rings. The number of hydrogen-bond donors (Lipinski definition) is 1. The largest absolute Gasteiger partial charge is 0.496 e. The van der Waals surface area contributed by atoms with Gasteiger partial charge in [0, 0.05) is 31.6 Å². The molecule has 2 aliphatic heterocycles. The van der Waals surface area contributed by atoms with Crippen LogP contribution in [0.3, 0.4) is 0 Å². The van der Waals surface area contributed by atoms with Gasteiger partial charge >= 0.3 is 6.18 Å². The van der Waals surface area contributed by atoms with E-state index in [9.17, 15) is 22.4 Å². The molecule has 0 aromatic heterocycles. The minimum Gasteiger partial charge on any atom is -0.496 e. The van der Waals surface area contributed by atoms with Crippen molar-refractivity contribution in [2.45, 2.75) is 50.6 Å². The first kappa shape index (κ1) is 25.5. The molecule has 1 atom stereocenters. The van der Waals surface area contributed by atoms with Crippen LogP contribution in [-0.2, 0) is 16.4 Å². The van der Waals surface area contributed by atoms with E-state index >= 15 is 0 Å². The van der Waals surface area contributed by atoms with E-state index in [4.69, 9.17) is 4.74 Å². The molecule has 2 heterocycles. The number of ether oxygens (including phenoxy) is 1. The predicted molar refractivity (Wildman–Crippen MR) is 126 cm³/mol. The molecule has 0 saturated carbocycles. The van der Waals surface area contributed by atoms with E-state index in [1.54, 1.807) is 38.0 Å². The van der Waals surface area contributed by atoms with Gasteiger partial charge in [0.05, 0.1) is 18.1 Å². The van der Waals surface area contributed by atoms with Gasteiger partial charge in [-0.25, -0.2) is 4.39 Å². The Balaban J connectivity index is 1.54. The van der Waals surface area contributed by atoms with Gasteiger partial charge in [0.2, 0.25) is 5.91 Å². The van der Waals surface area contributed by atoms with Gasteiger partial charge in [0.15, 0.2) is 0 Å². The third-order valence-electron chi connectivity index (χ3n) is 7.95. The molecule has 2 fully saturated rings. The normalized spacial score (nSPS) is 20.7. The van der Waals surface area contributed by atoms with Gasteiger partial charge in [-0.2, -0.15) is 13.2 Å². The van der Waals surface area contributed by atoms with Gasteiger partial charge in [0.1, 0.15) is 11.6 Å². The van der Waals surface area contributed by atoms with Gasteiger partial charge in [0.25, 0.3) is 0 Å². The summed E-state index contributed by atoms with van der Waals surface area (Å²) in [5, 5.41) is 3.45. The second kappa shape index (κ2) is 9.45. The molecule has 8 heteroatoms. The Hall–Kier alpha value is -2.61. The first-order valence-corrected chi connectivity index (χ1v) is 12.0. The number of rotatable bonds is 4. The molecule has 0 aliphatic carbocycles. The summed E-state index contributed by atoms with van der Waals surface area (Å²) in [5.41, 5.74) is -0.578. The fraction of sp³-hybridized carbons (Fsp3) is 0.519. The molecule has 2 aromatic carbocycles. The Kier molecular flexibility index (Phi) is 6.88. The molecule has 4 nitrogen and oxygen atoms in total. The molecular formula is C27H32F4N2O2. The Labute approximate surface area is 203 Å². The molecule has 4 rings (SSSR count). The van der Waals surface area contributed by atoms with Crippen molar-refractivity contribution in [3.8, 4) is 5.75 Å². The van der Waals surface area contributed by atoms with E-state index in [0.29, 0.717) is 24.4 Å². The lowest BCUT2D eigenvalue weighted by atomic mass is 9.62. The van der Waals surface area contributed by atoms with Crippen molar-refractivity contribution in [1.29, 1.82) is 0 Å². The van der Waals surface area contributed by atoms with E-state index < -0.39 is 17.2 Å². The molecular weight excluding hydrogens is 460 g/mol. The number of piperidine rings is 2. The van der Waals surface area contributed by atoms with Crippen LogP contribution in [0.25, 0.3) is 0 Å². The molecule has 1 N–H and O–H groups in total. The highest BCUT2D eigenvalue weighted by molar-refractivity contribution is 5.87. The van der Waals surface area contributed by atoms with Gasteiger partial charge in [-0.15, -0.1) is 0 Å². The van der Waals surface area contributed by atoms with Gasteiger partial charge in [-0.1, -0.05) is 24.3 Å². The number of amides is 1. The third-order valence-corrected chi connectivity index (χ3v) is 7.95. The minimum absolute atomic E-state index is 0.0620. The Morgan fingerprint density at radius 2 is 1.74 bits per heavy atom. The van der Waals surface area contributed by atoms with Crippen LogP contribution in [0.1, 0.15) is 55.7 Å². The van der Waals surface area contributed by atoms with Crippen LogP contribution >= 0.6 is 0 Å². The van der Waals surface area contributed by atoms with Crippen molar-refractivity contribution in [2.75, 3.05) is 33.3 Å². The molecule has 0 unspecified atom stereocenters. The van der Waals surface area contributed by atoms with E-state index in [0.717, 1.165) is 50.0 Å². The van der Waals surface area contributed by atoms with Crippen LogP contribution in [0, 0.1) is 11.2 Å². The summed E-state index contributed by atoms with van der Waals surface area (Å²) < 4.78 is 59.0. The molecule has 0 radical (unpaired) electrons. The summed E-state index contributed by atoms with van der Waals surface area (Å²) in [6.07, 6.45) is -2.00. The van der Waals surface area contributed by atoms with E-state index in [2.05, 4.69) is 5.32 Å².